The second-order valence-electron chi connectivity index (χ2n) is 6.71. The third-order valence-electron chi connectivity index (χ3n) is 5.11. The number of aromatic nitrogens is 1. The van der Waals surface area contributed by atoms with Crippen LogP contribution in [0.3, 0.4) is 0 Å². The SMILES string of the molecule is OB1OC(c2cn(Cc3ccccc3)c3ccccc23)c2ccccc21. The molecule has 3 nitrogen and oxygen atoms in total. The van der Waals surface area contributed by atoms with Crippen LogP contribution in [0.15, 0.2) is 85.1 Å². The molecule has 0 amide bonds. The van der Waals surface area contributed by atoms with E-state index in [9.17, 15) is 5.02 Å². The van der Waals surface area contributed by atoms with Gasteiger partial charge in [-0.15, -0.1) is 0 Å². The molecule has 2 heterocycles. The van der Waals surface area contributed by atoms with Gasteiger partial charge in [0.2, 0.25) is 0 Å². The Morgan fingerprint density at radius 3 is 2.46 bits per heavy atom. The van der Waals surface area contributed by atoms with Gasteiger partial charge in [0.15, 0.2) is 0 Å². The summed E-state index contributed by atoms with van der Waals surface area (Å²) in [6.45, 7) is 0.804. The van der Waals surface area contributed by atoms with Crippen LogP contribution >= 0.6 is 0 Å². The largest absolute Gasteiger partial charge is 0.492 e. The average Bonchev–Trinajstić information content (AvgIpc) is 3.21. The van der Waals surface area contributed by atoms with Gasteiger partial charge in [-0.25, -0.2) is 0 Å². The first-order chi connectivity index (χ1) is 12.8. The van der Waals surface area contributed by atoms with Gasteiger partial charge in [0.1, 0.15) is 0 Å². The van der Waals surface area contributed by atoms with E-state index in [1.807, 2.05) is 30.3 Å². The van der Waals surface area contributed by atoms with Crippen molar-refractivity contribution in [3.8, 4) is 0 Å². The summed E-state index contributed by atoms with van der Waals surface area (Å²) in [5.74, 6) is 0. The summed E-state index contributed by atoms with van der Waals surface area (Å²) in [6, 6.07) is 26.7. The van der Waals surface area contributed by atoms with Crippen LogP contribution in [0.1, 0.15) is 22.8 Å². The van der Waals surface area contributed by atoms with Crippen molar-refractivity contribution in [2.45, 2.75) is 12.6 Å². The molecule has 0 bridgehead atoms. The van der Waals surface area contributed by atoms with Crippen LogP contribution in [-0.4, -0.2) is 16.7 Å². The minimum Gasteiger partial charge on any atom is -0.423 e. The van der Waals surface area contributed by atoms with Crippen molar-refractivity contribution in [2.24, 2.45) is 0 Å². The van der Waals surface area contributed by atoms with E-state index in [1.54, 1.807) is 0 Å². The van der Waals surface area contributed by atoms with Gasteiger partial charge in [0, 0.05) is 29.2 Å². The van der Waals surface area contributed by atoms with Gasteiger partial charge in [0.05, 0.1) is 6.10 Å². The Morgan fingerprint density at radius 2 is 1.58 bits per heavy atom. The minimum absolute atomic E-state index is 0.247. The fourth-order valence-corrected chi connectivity index (χ4v) is 3.89. The molecule has 0 radical (unpaired) electrons. The lowest BCUT2D eigenvalue weighted by Crippen LogP contribution is -2.27. The van der Waals surface area contributed by atoms with E-state index in [4.69, 9.17) is 4.65 Å². The highest BCUT2D eigenvalue weighted by Gasteiger charge is 2.36. The molecular weight excluding hydrogens is 321 g/mol. The first-order valence-electron chi connectivity index (χ1n) is 8.85. The van der Waals surface area contributed by atoms with E-state index in [0.717, 1.165) is 28.5 Å². The molecule has 26 heavy (non-hydrogen) atoms. The van der Waals surface area contributed by atoms with Gasteiger partial charge >= 0.3 is 7.12 Å². The molecule has 1 N–H and O–H groups in total. The highest BCUT2D eigenvalue weighted by molar-refractivity contribution is 6.61. The Hall–Kier alpha value is -2.82. The number of hydrogen-bond acceptors (Lipinski definition) is 2. The van der Waals surface area contributed by atoms with Crippen molar-refractivity contribution in [1.29, 1.82) is 0 Å². The molecule has 1 aliphatic heterocycles. The van der Waals surface area contributed by atoms with Crippen LogP contribution in [0.2, 0.25) is 0 Å². The van der Waals surface area contributed by atoms with Gasteiger partial charge in [-0.1, -0.05) is 72.8 Å². The summed E-state index contributed by atoms with van der Waals surface area (Å²) in [6.07, 6.45) is 1.92. The van der Waals surface area contributed by atoms with Gasteiger partial charge in [-0.05, 0) is 22.7 Å². The summed E-state index contributed by atoms with van der Waals surface area (Å²) in [4.78, 5) is 0. The summed E-state index contributed by atoms with van der Waals surface area (Å²) < 4.78 is 8.19. The molecular formula is C22H18BNO2. The summed E-state index contributed by atoms with van der Waals surface area (Å²) in [7, 11) is -0.868. The molecule has 0 spiro atoms. The van der Waals surface area contributed by atoms with Crippen molar-refractivity contribution in [1.82, 2.24) is 4.57 Å². The van der Waals surface area contributed by atoms with Crippen LogP contribution in [0, 0.1) is 0 Å². The fraction of sp³-hybridized carbons (Fsp3) is 0.0909. The third-order valence-corrected chi connectivity index (χ3v) is 5.11. The predicted octanol–water partition coefficient (Wildman–Crippen LogP) is 3.50. The molecule has 4 aromatic rings. The molecule has 1 aliphatic rings. The topological polar surface area (TPSA) is 34.4 Å². The Balaban J connectivity index is 1.64. The molecule has 1 unspecified atom stereocenters. The molecule has 1 aromatic heterocycles. The smallest absolute Gasteiger partial charge is 0.423 e. The fourth-order valence-electron chi connectivity index (χ4n) is 3.89. The van der Waals surface area contributed by atoms with E-state index in [2.05, 4.69) is 59.3 Å². The number of nitrogens with zero attached hydrogens (tertiary/aromatic N) is 1. The third kappa shape index (κ3) is 2.46. The molecule has 126 valence electrons. The summed E-state index contributed by atoms with van der Waals surface area (Å²) in [5, 5.41) is 11.5. The Labute approximate surface area is 152 Å². The van der Waals surface area contributed by atoms with E-state index in [0.29, 0.717) is 0 Å². The first-order valence-corrected chi connectivity index (χ1v) is 8.85. The lowest BCUT2D eigenvalue weighted by Gasteiger charge is -2.11. The Bertz CT molecular complexity index is 1070. The second-order valence-corrected chi connectivity index (χ2v) is 6.71. The Kier molecular flexibility index (Phi) is 3.66. The van der Waals surface area contributed by atoms with E-state index in [1.165, 1.54) is 11.1 Å². The number of rotatable bonds is 3. The van der Waals surface area contributed by atoms with Crippen LogP contribution in [0.4, 0.5) is 0 Å². The number of benzene rings is 3. The van der Waals surface area contributed by atoms with Gasteiger partial charge in [0.25, 0.3) is 0 Å². The van der Waals surface area contributed by atoms with E-state index in [-0.39, 0.29) is 6.10 Å². The highest BCUT2D eigenvalue weighted by Crippen LogP contribution is 2.36. The molecule has 1 atom stereocenters. The molecule has 5 rings (SSSR count). The quantitative estimate of drug-likeness (QED) is 0.580. The van der Waals surface area contributed by atoms with Crippen LogP contribution < -0.4 is 5.46 Å². The van der Waals surface area contributed by atoms with Crippen molar-refractivity contribution >= 4 is 23.5 Å². The monoisotopic (exact) mass is 339 g/mol. The zero-order chi connectivity index (χ0) is 17.5. The number of hydrogen-bond donors (Lipinski definition) is 1. The van der Waals surface area contributed by atoms with Crippen molar-refractivity contribution < 1.29 is 9.68 Å². The van der Waals surface area contributed by atoms with Crippen molar-refractivity contribution in [3.63, 3.8) is 0 Å². The van der Waals surface area contributed by atoms with Gasteiger partial charge in [-0.3, -0.25) is 0 Å². The van der Waals surface area contributed by atoms with Crippen LogP contribution in [0.5, 0.6) is 0 Å². The van der Waals surface area contributed by atoms with E-state index < -0.39 is 7.12 Å². The summed E-state index contributed by atoms with van der Waals surface area (Å²) >= 11 is 0. The van der Waals surface area contributed by atoms with Gasteiger partial charge < -0.3 is 14.2 Å². The maximum absolute atomic E-state index is 10.3. The Morgan fingerprint density at radius 1 is 0.846 bits per heavy atom. The predicted molar refractivity (Wildman–Crippen MR) is 104 cm³/mol. The molecule has 4 heteroatoms. The lowest BCUT2D eigenvalue weighted by atomic mass is 9.79. The lowest BCUT2D eigenvalue weighted by molar-refractivity contribution is 0.227. The summed E-state index contributed by atoms with van der Waals surface area (Å²) in [5.41, 5.74) is 5.43. The molecule has 0 saturated carbocycles. The highest BCUT2D eigenvalue weighted by atomic mass is 16.5. The normalized spacial score (nSPS) is 16.2. The molecule has 0 fully saturated rings. The number of para-hydroxylation sites is 1. The maximum atomic E-state index is 10.3. The maximum Gasteiger partial charge on any atom is 0.492 e. The second kappa shape index (κ2) is 6.17. The number of fused-ring (bicyclic) bond motifs is 2. The average molecular weight is 339 g/mol. The molecule has 0 aliphatic carbocycles. The molecule has 0 saturated heterocycles. The molecule has 3 aromatic carbocycles. The van der Waals surface area contributed by atoms with E-state index >= 15 is 0 Å². The van der Waals surface area contributed by atoms with Crippen LogP contribution in [0.25, 0.3) is 10.9 Å². The van der Waals surface area contributed by atoms with Crippen molar-refractivity contribution in [3.05, 3.63) is 102 Å². The van der Waals surface area contributed by atoms with Gasteiger partial charge in [-0.2, -0.15) is 0 Å². The minimum atomic E-state index is -0.868. The standard InChI is InChI=1S/C22H18BNO2/c25-23-20-12-6-4-11-18(20)22(26-23)19-15-24(14-16-8-2-1-3-9-16)21-13-7-5-10-17(19)21/h1-13,15,22,25H,14H2. The zero-order valence-corrected chi connectivity index (χ0v) is 14.2. The van der Waals surface area contributed by atoms with Crippen molar-refractivity contribution in [2.75, 3.05) is 0 Å². The van der Waals surface area contributed by atoms with Crippen LogP contribution in [-0.2, 0) is 11.2 Å². The zero-order valence-electron chi connectivity index (χ0n) is 14.2. The first kappa shape index (κ1) is 15.4.